The Morgan fingerprint density at radius 3 is 2.28 bits per heavy atom. The fourth-order valence-corrected chi connectivity index (χ4v) is 4.83. The first-order valence-corrected chi connectivity index (χ1v) is 10.2. The number of nitrogens with zero attached hydrogens (tertiary/aromatic N) is 2. The molecule has 0 unspecified atom stereocenters. The van der Waals surface area contributed by atoms with E-state index in [2.05, 4.69) is 0 Å². The lowest BCUT2D eigenvalue weighted by molar-refractivity contribution is -0.141. The number of amides is 1. The molecule has 0 spiro atoms. The minimum absolute atomic E-state index is 0.0139. The molecule has 2 N–H and O–H groups in total. The topological polar surface area (TPSA) is 92.9 Å². The van der Waals surface area contributed by atoms with E-state index in [4.69, 9.17) is 10.5 Å². The molecule has 25 heavy (non-hydrogen) atoms. The Morgan fingerprint density at radius 2 is 1.68 bits per heavy atom. The maximum Gasteiger partial charge on any atom is 0.242 e. The molecular formula is C17H25N3O4S. The van der Waals surface area contributed by atoms with Crippen LogP contribution in [0.25, 0.3) is 0 Å². The van der Waals surface area contributed by atoms with Gasteiger partial charge < -0.3 is 15.4 Å². The Kier molecular flexibility index (Phi) is 5.43. The van der Waals surface area contributed by atoms with E-state index in [1.54, 1.807) is 17.0 Å². The van der Waals surface area contributed by atoms with Gasteiger partial charge in [0.2, 0.25) is 15.9 Å². The lowest BCUT2D eigenvalue weighted by Crippen LogP contribution is -2.61. The van der Waals surface area contributed by atoms with Gasteiger partial charge in [0.15, 0.2) is 0 Å². The van der Waals surface area contributed by atoms with Crippen LogP contribution < -0.4 is 5.73 Å². The highest BCUT2D eigenvalue weighted by atomic mass is 32.2. The molecule has 3 rings (SSSR count). The zero-order chi connectivity index (χ0) is 17.9. The van der Waals surface area contributed by atoms with Gasteiger partial charge in [0.1, 0.15) is 0 Å². The molecule has 1 aromatic rings. The lowest BCUT2D eigenvalue weighted by Gasteiger charge is -2.40. The summed E-state index contributed by atoms with van der Waals surface area (Å²) < 4.78 is 31.9. The molecule has 8 heteroatoms. The van der Waals surface area contributed by atoms with E-state index in [1.807, 2.05) is 18.2 Å². The molecule has 0 bridgehead atoms. The number of rotatable bonds is 4. The molecular weight excluding hydrogens is 342 g/mol. The largest absolute Gasteiger partial charge is 0.381 e. The van der Waals surface area contributed by atoms with E-state index in [0.29, 0.717) is 52.2 Å². The SMILES string of the molecule is NC1(C(=O)N2CCN(S(=O)(=O)Cc3ccccc3)CC2)CCOCC1. The molecule has 2 aliphatic heterocycles. The monoisotopic (exact) mass is 367 g/mol. The minimum Gasteiger partial charge on any atom is -0.381 e. The normalized spacial score (nSPS) is 21.9. The molecule has 0 radical (unpaired) electrons. The maximum absolute atomic E-state index is 12.7. The van der Waals surface area contributed by atoms with Crippen molar-refractivity contribution < 1.29 is 17.9 Å². The third-order valence-corrected chi connectivity index (χ3v) is 6.77. The fraction of sp³-hybridized carbons (Fsp3) is 0.588. The van der Waals surface area contributed by atoms with Crippen LogP contribution in [-0.4, -0.2) is 68.5 Å². The van der Waals surface area contributed by atoms with Crippen LogP contribution in [0, 0.1) is 0 Å². The highest BCUT2D eigenvalue weighted by Crippen LogP contribution is 2.22. The van der Waals surface area contributed by atoms with Gasteiger partial charge in [0.25, 0.3) is 0 Å². The van der Waals surface area contributed by atoms with Gasteiger partial charge in [0.05, 0.1) is 11.3 Å². The van der Waals surface area contributed by atoms with Gasteiger partial charge in [-0.3, -0.25) is 4.79 Å². The second-order valence-electron chi connectivity index (χ2n) is 6.70. The number of sulfonamides is 1. The Labute approximate surface area is 148 Å². The fourth-order valence-electron chi connectivity index (χ4n) is 3.31. The van der Waals surface area contributed by atoms with Crippen molar-refractivity contribution in [3.63, 3.8) is 0 Å². The van der Waals surface area contributed by atoms with Crippen LogP contribution in [0.1, 0.15) is 18.4 Å². The van der Waals surface area contributed by atoms with Crippen molar-refractivity contribution >= 4 is 15.9 Å². The van der Waals surface area contributed by atoms with Crippen molar-refractivity contribution in [2.45, 2.75) is 24.1 Å². The van der Waals surface area contributed by atoms with Gasteiger partial charge in [-0.25, -0.2) is 8.42 Å². The molecule has 2 saturated heterocycles. The standard InChI is InChI=1S/C17H25N3O4S/c18-17(6-12-24-13-7-17)16(21)19-8-10-20(11-9-19)25(22,23)14-15-4-2-1-3-5-15/h1-5H,6-14,18H2. The van der Waals surface area contributed by atoms with Crippen LogP contribution in [0.5, 0.6) is 0 Å². The molecule has 2 fully saturated rings. The summed E-state index contributed by atoms with van der Waals surface area (Å²) in [7, 11) is -3.38. The summed E-state index contributed by atoms with van der Waals surface area (Å²) in [6, 6.07) is 9.13. The summed E-state index contributed by atoms with van der Waals surface area (Å²) in [5.41, 5.74) is 6.15. The van der Waals surface area contributed by atoms with Crippen molar-refractivity contribution in [1.82, 2.24) is 9.21 Å². The van der Waals surface area contributed by atoms with Gasteiger partial charge in [-0.1, -0.05) is 30.3 Å². The van der Waals surface area contributed by atoms with Crippen LogP contribution >= 0.6 is 0 Å². The Hall–Kier alpha value is -1.48. The molecule has 138 valence electrons. The van der Waals surface area contributed by atoms with Crippen LogP contribution in [0.4, 0.5) is 0 Å². The van der Waals surface area contributed by atoms with E-state index in [9.17, 15) is 13.2 Å². The van der Waals surface area contributed by atoms with Crippen molar-refractivity contribution in [2.24, 2.45) is 5.73 Å². The van der Waals surface area contributed by atoms with E-state index < -0.39 is 15.6 Å². The van der Waals surface area contributed by atoms with E-state index >= 15 is 0 Å². The van der Waals surface area contributed by atoms with Gasteiger partial charge in [0, 0.05) is 39.4 Å². The van der Waals surface area contributed by atoms with Gasteiger partial charge in [-0.2, -0.15) is 4.31 Å². The average Bonchev–Trinajstić information content (AvgIpc) is 2.62. The predicted molar refractivity (Wildman–Crippen MR) is 94.2 cm³/mol. The number of benzene rings is 1. The lowest BCUT2D eigenvalue weighted by atomic mass is 9.89. The van der Waals surface area contributed by atoms with Gasteiger partial charge in [-0.15, -0.1) is 0 Å². The van der Waals surface area contributed by atoms with Crippen molar-refractivity contribution in [3.8, 4) is 0 Å². The van der Waals surface area contributed by atoms with Crippen molar-refractivity contribution in [1.29, 1.82) is 0 Å². The number of hydrogen-bond acceptors (Lipinski definition) is 5. The summed E-state index contributed by atoms with van der Waals surface area (Å²) in [6.45, 7) is 2.38. The van der Waals surface area contributed by atoms with Gasteiger partial charge in [-0.05, 0) is 18.4 Å². The molecule has 1 aromatic carbocycles. The van der Waals surface area contributed by atoms with Crippen LogP contribution in [0.2, 0.25) is 0 Å². The molecule has 0 atom stereocenters. The quantitative estimate of drug-likeness (QED) is 0.819. The number of carbonyl (C=O) groups is 1. The van der Waals surface area contributed by atoms with Crippen molar-refractivity contribution in [3.05, 3.63) is 35.9 Å². The predicted octanol–water partition coefficient (Wildman–Crippen LogP) is 0.169. The number of ether oxygens (including phenoxy) is 1. The highest BCUT2D eigenvalue weighted by Gasteiger charge is 2.40. The third-order valence-electron chi connectivity index (χ3n) is 4.92. The third kappa shape index (κ3) is 4.20. The van der Waals surface area contributed by atoms with Crippen LogP contribution in [0.3, 0.4) is 0 Å². The molecule has 0 saturated carbocycles. The Balaban J connectivity index is 1.58. The second-order valence-corrected chi connectivity index (χ2v) is 8.67. The molecule has 1 amide bonds. The maximum atomic E-state index is 12.7. The second kappa shape index (κ2) is 7.41. The first-order valence-electron chi connectivity index (χ1n) is 8.58. The van der Waals surface area contributed by atoms with Crippen molar-refractivity contribution in [2.75, 3.05) is 39.4 Å². The molecule has 0 aliphatic carbocycles. The summed E-state index contributed by atoms with van der Waals surface area (Å²) in [5, 5.41) is 0. The summed E-state index contributed by atoms with van der Waals surface area (Å²) in [4.78, 5) is 14.4. The number of hydrogen-bond donors (Lipinski definition) is 1. The summed E-state index contributed by atoms with van der Waals surface area (Å²) in [6.07, 6.45) is 1.02. The number of nitrogens with two attached hydrogens (primary N) is 1. The zero-order valence-electron chi connectivity index (χ0n) is 14.3. The zero-order valence-corrected chi connectivity index (χ0v) is 15.1. The van der Waals surface area contributed by atoms with Crippen LogP contribution in [0.15, 0.2) is 30.3 Å². The minimum atomic E-state index is -3.38. The summed E-state index contributed by atoms with van der Waals surface area (Å²) in [5.74, 6) is -0.101. The highest BCUT2D eigenvalue weighted by molar-refractivity contribution is 7.88. The van der Waals surface area contributed by atoms with Crippen LogP contribution in [-0.2, 0) is 25.3 Å². The Morgan fingerprint density at radius 1 is 1.08 bits per heavy atom. The smallest absolute Gasteiger partial charge is 0.242 e. The molecule has 2 aliphatic rings. The van der Waals surface area contributed by atoms with E-state index in [0.717, 1.165) is 5.56 Å². The first kappa shape index (κ1) is 18.3. The Bertz CT molecular complexity index is 694. The summed E-state index contributed by atoms with van der Waals surface area (Å²) >= 11 is 0. The number of piperazine rings is 1. The molecule has 2 heterocycles. The molecule has 7 nitrogen and oxygen atoms in total. The number of carbonyl (C=O) groups excluding carboxylic acids is 1. The molecule has 0 aromatic heterocycles. The van der Waals surface area contributed by atoms with E-state index in [1.165, 1.54) is 4.31 Å². The van der Waals surface area contributed by atoms with Gasteiger partial charge >= 0.3 is 0 Å². The first-order chi connectivity index (χ1) is 11.9. The van der Waals surface area contributed by atoms with E-state index in [-0.39, 0.29) is 11.7 Å². The average molecular weight is 367 g/mol.